The summed E-state index contributed by atoms with van der Waals surface area (Å²) in [5.41, 5.74) is 10.3. The number of nitrogens with zero attached hydrogens (tertiary/aromatic N) is 2. The fraction of sp³-hybridized carbons (Fsp3) is 0.286. The first-order valence-corrected chi connectivity index (χ1v) is 6.40. The van der Waals surface area contributed by atoms with E-state index in [1.165, 1.54) is 12.1 Å². The number of hydrogen-bond donors (Lipinski definition) is 1. The summed E-state index contributed by atoms with van der Waals surface area (Å²) in [7, 11) is 0. The van der Waals surface area contributed by atoms with E-state index in [9.17, 15) is 4.39 Å². The van der Waals surface area contributed by atoms with Crippen molar-refractivity contribution in [3.05, 3.63) is 52.1 Å². The predicted octanol–water partition coefficient (Wildman–Crippen LogP) is 2.63. The molecule has 0 aliphatic heterocycles. The van der Waals surface area contributed by atoms with Crippen molar-refractivity contribution < 1.29 is 4.39 Å². The van der Waals surface area contributed by atoms with E-state index in [2.05, 4.69) is 5.10 Å². The van der Waals surface area contributed by atoms with Crippen molar-refractivity contribution in [1.82, 2.24) is 9.78 Å². The summed E-state index contributed by atoms with van der Waals surface area (Å²) in [6, 6.07) is 4.44. The zero-order chi connectivity index (χ0) is 14.2. The Kier molecular flexibility index (Phi) is 3.66. The maximum atomic E-state index is 13.4. The molecule has 1 heterocycles. The molecule has 0 amide bonds. The molecule has 0 fully saturated rings. The van der Waals surface area contributed by atoms with Crippen LogP contribution < -0.4 is 5.73 Å². The van der Waals surface area contributed by atoms with E-state index < -0.39 is 0 Å². The second-order valence-corrected chi connectivity index (χ2v) is 5.06. The number of hydrogen-bond acceptors (Lipinski definition) is 2. The van der Waals surface area contributed by atoms with E-state index in [0.717, 1.165) is 22.5 Å². The molecule has 0 bridgehead atoms. The van der Waals surface area contributed by atoms with E-state index in [4.69, 9.17) is 18.0 Å². The average molecular weight is 277 g/mol. The van der Waals surface area contributed by atoms with Gasteiger partial charge in [0.05, 0.1) is 12.2 Å². The Hall–Kier alpha value is -1.75. The fourth-order valence-corrected chi connectivity index (χ4v) is 2.23. The Labute approximate surface area is 117 Å². The van der Waals surface area contributed by atoms with Crippen LogP contribution in [-0.2, 0) is 6.54 Å². The SMILES string of the molecule is Cc1nn(Cc2cc(F)ccc2C(N)=S)c(C)c1C. The highest BCUT2D eigenvalue weighted by molar-refractivity contribution is 7.80. The van der Waals surface area contributed by atoms with Gasteiger partial charge in [-0.1, -0.05) is 12.2 Å². The molecule has 0 aliphatic carbocycles. The highest BCUT2D eigenvalue weighted by Gasteiger charge is 2.11. The summed E-state index contributed by atoms with van der Waals surface area (Å²) in [6.45, 7) is 6.44. The van der Waals surface area contributed by atoms with E-state index in [-0.39, 0.29) is 10.8 Å². The average Bonchev–Trinajstić information content (AvgIpc) is 2.57. The van der Waals surface area contributed by atoms with Crippen LogP contribution in [0.4, 0.5) is 4.39 Å². The molecule has 0 radical (unpaired) electrons. The van der Waals surface area contributed by atoms with Crippen molar-refractivity contribution in [2.75, 3.05) is 0 Å². The minimum atomic E-state index is -0.298. The van der Waals surface area contributed by atoms with Crippen molar-refractivity contribution >= 4 is 17.2 Å². The molecule has 0 saturated heterocycles. The number of aromatic nitrogens is 2. The van der Waals surface area contributed by atoms with Gasteiger partial charge in [0.15, 0.2) is 0 Å². The van der Waals surface area contributed by atoms with E-state index in [1.54, 1.807) is 6.07 Å². The third-order valence-electron chi connectivity index (χ3n) is 3.40. The molecule has 100 valence electrons. The summed E-state index contributed by atoms with van der Waals surface area (Å²) in [6.07, 6.45) is 0. The third-order valence-corrected chi connectivity index (χ3v) is 3.62. The Morgan fingerprint density at radius 1 is 1.37 bits per heavy atom. The van der Waals surface area contributed by atoms with Gasteiger partial charge in [0.25, 0.3) is 0 Å². The molecule has 3 nitrogen and oxygen atoms in total. The number of thiocarbonyl (C=S) groups is 1. The molecule has 0 aliphatic rings. The molecule has 1 aromatic heterocycles. The van der Waals surface area contributed by atoms with Crippen molar-refractivity contribution in [3.8, 4) is 0 Å². The second kappa shape index (κ2) is 5.09. The lowest BCUT2D eigenvalue weighted by atomic mass is 10.1. The summed E-state index contributed by atoms with van der Waals surface area (Å²) in [4.78, 5) is 0.272. The fourth-order valence-electron chi connectivity index (χ4n) is 2.04. The predicted molar refractivity (Wildman–Crippen MR) is 77.8 cm³/mol. The van der Waals surface area contributed by atoms with E-state index in [1.807, 2.05) is 25.5 Å². The molecule has 2 rings (SSSR count). The molecule has 0 atom stereocenters. The molecule has 2 N–H and O–H groups in total. The van der Waals surface area contributed by atoms with Gasteiger partial charge in [0.1, 0.15) is 10.8 Å². The molecule has 19 heavy (non-hydrogen) atoms. The van der Waals surface area contributed by atoms with Gasteiger partial charge in [0.2, 0.25) is 0 Å². The van der Waals surface area contributed by atoms with E-state index >= 15 is 0 Å². The number of benzene rings is 1. The quantitative estimate of drug-likeness (QED) is 0.877. The maximum absolute atomic E-state index is 13.4. The normalized spacial score (nSPS) is 10.7. The molecular weight excluding hydrogens is 261 g/mol. The van der Waals surface area contributed by atoms with Crippen LogP contribution in [0, 0.1) is 26.6 Å². The molecule has 0 spiro atoms. The largest absolute Gasteiger partial charge is 0.389 e. The van der Waals surface area contributed by atoms with Gasteiger partial charge >= 0.3 is 0 Å². The first-order chi connectivity index (χ1) is 8.90. The van der Waals surface area contributed by atoms with Crippen LogP contribution in [0.25, 0.3) is 0 Å². The van der Waals surface area contributed by atoms with Gasteiger partial charge in [-0.25, -0.2) is 4.39 Å². The van der Waals surface area contributed by atoms with Gasteiger partial charge in [-0.05, 0) is 50.1 Å². The maximum Gasteiger partial charge on any atom is 0.123 e. The van der Waals surface area contributed by atoms with Gasteiger partial charge in [-0.3, -0.25) is 4.68 Å². The van der Waals surface area contributed by atoms with Gasteiger partial charge in [-0.2, -0.15) is 5.10 Å². The lowest BCUT2D eigenvalue weighted by Gasteiger charge is -2.10. The summed E-state index contributed by atoms with van der Waals surface area (Å²) in [5.74, 6) is -0.298. The van der Waals surface area contributed by atoms with Crippen molar-refractivity contribution in [1.29, 1.82) is 0 Å². The lowest BCUT2D eigenvalue weighted by molar-refractivity contribution is 0.615. The second-order valence-electron chi connectivity index (χ2n) is 4.62. The smallest absolute Gasteiger partial charge is 0.123 e. The number of halogens is 1. The molecule has 1 aromatic carbocycles. The Morgan fingerprint density at radius 2 is 2.05 bits per heavy atom. The van der Waals surface area contributed by atoms with Crippen LogP contribution in [0.3, 0.4) is 0 Å². The van der Waals surface area contributed by atoms with Crippen LogP contribution in [-0.4, -0.2) is 14.8 Å². The van der Waals surface area contributed by atoms with Crippen molar-refractivity contribution in [2.45, 2.75) is 27.3 Å². The summed E-state index contributed by atoms with van der Waals surface area (Å²) >= 11 is 5.00. The third kappa shape index (κ3) is 2.66. The lowest BCUT2D eigenvalue weighted by Crippen LogP contribution is -2.15. The van der Waals surface area contributed by atoms with Crippen molar-refractivity contribution in [3.63, 3.8) is 0 Å². The summed E-state index contributed by atoms with van der Waals surface area (Å²) < 4.78 is 15.2. The Balaban J connectivity index is 2.45. The first-order valence-electron chi connectivity index (χ1n) is 5.99. The van der Waals surface area contributed by atoms with Crippen LogP contribution in [0.1, 0.15) is 28.1 Å². The van der Waals surface area contributed by atoms with Gasteiger partial charge < -0.3 is 5.73 Å². The molecule has 0 saturated carbocycles. The standard InChI is InChI=1S/C14H16FN3S/c1-8-9(2)17-18(10(8)3)7-11-6-12(15)4-5-13(11)14(16)19/h4-6H,7H2,1-3H3,(H2,16,19). The minimum absolute atomic E-state index is 0.272. The molecule has 5 heteroatoms. The van der Waals surface area contributed by atoms with Crippen molar-refractivity contribution in [2.24, 2.45) is 5.73 Å². The summed E-state index contributed by atoms with van der Waals surface area (Å²) in [5, 5.41) is 4.45. The Morgan fingerprint density at radius 3 is 2.58 bits per heavy atom. The molecule has 0 unspecified atom stereocenters. The van der Waals surface area contributed by atoms with E-state index in [0.29, 0.717) is 12.1 Å². The highest BCUT2D eigenvalue weighted by atomic mass is 32.1. The zero-order valence-electron chi connectivity index (χ0n) is 11.2. The van der Waals surface area contributed by atoms with Crippen LogP contribution in [0.2, 0.25) is 0 Å². The monoisotopic (exact) mass is 277 g/mol. The van der Waals surface area contributed by atoms with Crippen LogP contribution >= 0.6 is 12.2 Å². The molecular formula is C14H16FN3S. The van der Waals surface area contributed by atoms with Crippen LogP contribution in [0.5, 0.6) is 0 Å². The first kappa shape index (κ1) is 13.7. The molecule has 2 aromatic rings. The minimum Gasteiger partial charge on any atom is -0.389 e. The van der Waals surface area contributed by atoms with Gasteiger partial charge in [-0.15, -0.1) is 0 Å². The topological polar surface area (TPSA) is 43.8 Å². The van der Waals surface area contributed by atoms with Crippen LogP contribution in [0.15, 0.2) is 18.2 Å². The highest BCUT2D eigenvalue weighted by Crippen LogP contribution is 2.17. The number of aryl methyl sites for hydroxylation is 1. The van der Waals surface area contributed by atoms with Gasteiger partial charge in [0, 0.05) is 11.3 Å². The number of rotatable bonds is 3. The zero-order valence-corrected chi connectivity index (χ0v) is 12.0. The number of nitrogens with two attached hydrogens (primary N) is 1. The Bertz CT molecular complexity index is 646.